The van der Waals surface area contributed by atoms with Crippen LogP contribution in [0.15, 0.2) is 0 Å². The van der Waals surface area contributed by atoms with E-state index in [1.807, 2.05) is 13.8 Å². The van der Waals surface area contributed by atoms with Gasteiger partial charge in [0, 0.05) is 14.5 Å². The summed E-state index contributed by atoms with van der Waals surface area (Å²) in [5.41, 5.74) is 5.58. The van der Waals surface area contributed by atoms with Gasteiger partial charge in [0.25, 0.3) is 0 Å². The van der Waals surface area contributed by atoms with Gasteiger partial charge in [-0.15, -0.1) is 0 Å². The van der Waals surface area contributed by atoms with Crippen molar-refractivity contribution in [2.45, 2.75) is 52.0 Å². The van der Waals surface area contributed by atoms with Crippen LogP contribution in [-0.4, -0.2) is 31.1 Å². The van der Waals surface area contributed by atoms with Gasteiger partial charge in [-0.25, -0.2) is 0 Å². The summed E-state index contributed by atoms with van der Waals surface area (Å²) in [7, 11) is 2.06. The first-order valence-corrected chi connectivity index (χ1v) is 6.56. The van der Waals surface area contributed by atoms with Gasteiger partial charge < -0.3 is 10.6 Å². The molecule has 3 heteroatoms. The average molecular weight is 227 g/mol. The molecule has 96 valence electrons. The molecule has 1 saturated carbocycles. The van der Waals surface area contributed by atoms with Crippen molar-refractivity contribution >= 4 is 0 Å². The minimum Gasteiger partial charge on any atom is -0.315 e. The lowest BCUT2D eigenvalue weighted by atomic mass is 9.89. The fraction of sp³-hybridized carbons (Fsp3) is 0.923. The van der Waals surface area contributed by atoms with Crippen molar-refractivity contribution in [2.24, 2.45) is 11.7 Å². The quantitative estimate of drug-likeness (QED) is 0.803. The molecule has 2 N–H and O–H groups in total. The van der Waals surface area contributed by atoms with E-state index >= 15 is 0 Å². The van der Waals surface area contributed by atoms with E-state index in [0.717, 1.165) is 12.5 Å². The molecule has 0 radical (unpaired) electrons. The largest absolute Gasteiger partial charge is 0.315 e. The van der Waals surface area contributed by atoms with Crippen molar-refractivity contribution in [2.75, 3.05) is 20.1 Å². The van der Waals surface area contributed by atoms with Gasteiger partial charge >= 0.3 is 0 Å². The molecule has 0 aromatic rings. The van der Waals surface area contributed by atoms with E-state index in [1.54, 1.807) is 0 Å². The Morgan fingerprint density at radius 1 is 1.38 bits per heavy atom. The Hall–Kier alpha value is -0.590. The second-order valence-electron chi connectivity index (χ2n) is 4.46. The molecule has 0 aromatic carbocycles. The van der Waals surface area contributed by atoms with Crippen LogP contribution < -0.4 is 5.73 Å². The molecule has 1 rings (SSSR count). The maximum atomic E-state index is 8.59. The van der Waals surface area contributed by atoms with E-state index in [4.69, 9.17) is 11.0 Å². The number of nitriles is 1. The van der Waals surface area contributed by atoms with Crippen LogP contribution in [0.1, 0.15) is 47.4 Å². The molecule has 0 aliphatic heterocycles. The molecular formula is C13H29N3. The molecule has 16 heavy (non-hydrogen) atoms. The lowest BCUT2D eigenvalue weighted by Crippen LogP contribution is -2.37. The molecule has 0 aromatic heterocycles. The number of nitrogens with zero attached hydrogens (tertiary/aromatic N) is 2. The fourth-order valence-electron chi connectivity index (χ4n) is 2.26. The molecular weight excluding hydrogens is 198 g/mol. The van der Waals surface area contributed by atoms with Gasteiger partial charge in [-0.3, -0.25) is 0 Å². The maximum Gasteiger partial charge on any atom is 0.106 e. The van der Waals surface area contributed by atoms with Crippen LogP contribution in [0.5, 0.6) is 0 Å². The number of likely N-dealkylation sites (N-methyl/N-ethyl adjacent to an activating group) is 1. The van der Waals surface area contributed by atoms with Gasteiger partial charge in [-0.1, -0.05) is 33.1 Å². The number of nitrogens with two attached hydrogens (primary N) is 1. The first-order valence-electron chi connectivity index (χ1n) is 6.56. The zero-order valence-corrected chi connectivity index (χ0v) is 11.1. The topological polar surface area (TPSA) is 53.0 Å². The number of hydrogen-bond donors (Lipinski definition) is 1. The van der Waals surface area contributed by atoms with Crippen molar-refractivity contribution in [3.05, 3.63) is 0 Å². The molecule has 1 unspecified atom stereocenters. The zero-order valence-electron chi connectivity index (χ0n) is 11.1. The first-order chi connectivity index (χ1) is 7.72. The van der Waals surface area contributed by atoms with E-state index in [1.165, 1.54) is 32.1 Å². The Labute approximate surface area is 102 Å². The van der Waals surface area contributed by atoms with Gasteiger partial charge in [0.15, 0.2) is 0 Å². The van der Waals surface area contributed by atoms with E-state index in [0.29, 0.717) is 6.54 Å². The van der Waals surface area contributed by atoms with Gasteiger partial charge in [0.2, 0.25) is 0 Å². The predicted octanol–water partition coefficient (Wildman–Crippen LogP) is 2.62. The summed E-state index contributed by atoms with van der Waals surface area (Å²) in [6.07, 6.45) is 6.86. The molecule has 0 saturated heterocycles. The van der Waals surface area contributed by atoms with Crippen LogP contribution in [0.4, 0.5) is 0 Å². The van der Waals surface area contributed by atoms with Gasteiger partial charge in [0.1, 0.15) is 6.04 Å². The Kier molecular flexibility index (Phi) is 9.27. The van der Waals surface area contributed by atoms with E-state index in [9.17, 15) is 0 Å². The highest BCUT2D eigenvalue weighted by Crippen LogP contribution is 2.23. The molecule has 0 bridgehead atoms. The molecule has 1 aliphatic rings. The van der Waals surface area contributed by atoms with E-state index in [2.05, 4.69) is 18.0 Å². The van der Waals surface area contributed by atoms with Gasteiger partial charge in [0.05, 0.1) is 6.07 Å². The van der Waals surface area contributed by atoms with Crippen LogP contribution in [0.2, 0.25) is 0 Å². The summed E-state index contributed by atoms with van der Waals surface area (Å²) in [6, 6.07) is 1.74. The monoisotopic (exact) mass is 227 g/mol. The standard InChI is InChI=1S/C11H21N3.C2H6.H2/c1-14(9-11(13)7-12)8-10-5-3-2-4-6-10;1-2;/h10-11H,2-6,8-9,13H2,1H3;1-2H3;1H. The molecule has 3 nitrogen and oxygen atoms in total. The lowest BCUT2D eigenvalue weighted by Gasteiger charge is -2.27. The average Bonchev–Trinajstić information content (AvgIpc) is 2.32. The molecule has 0 spiro atoms. The SMILES string of the molecule is CC.CN(CC(N)C#N)CC1CCCCC1.[HH]. The smallest absolute Gasteiger partial charge is 0.106 e. The predicted molar refractivity (Wildman–Crippen MR) is 71.1 cm³/mol. The minimum atomic E-state index is -0.330. The highest BCUT2D eigenvalue weighted by atomic mass is 15.1. The summed E-state index contributed by atoms with van der Waals surface area (Å²) >= 11 is 0. The van der Waals surface area contributed by atoms with Crippen molar-refractivity contribution in [1.82, 2.24) is 4.90 Å². The lowest BCUT2D eigenvalue weighted by molar-refractivity contribution is 0.231. The van der Waals surface area contributed by atoms with Crippen LogP contribution >= 0.6 is 0 Å². The third-order valence-electron chi connectivity index (χ3n) is 2.97. The summed E-state index contributed by atoms with van der Waals surface area (Å²) < 4.78 is 0. The normalized spacial score (nSPS) is 18.5. The maximum absolute atomic E-state index is 8.59. The molecule has 1 aliphatic carbocycles. The summed E-state index contributed by atoms with van der Waals surface area (Å²) in [5, 5.41) is 8.59. The fourth-order valence-corrected chi connectivity index (χ4v) is 2.26. The number of hydrogen-bond acceptors (Lipinski definition) is 3. The van der Waals surface area contributed by atoms with Crippen LogP contribution in [-0.2, 0) is 0 Å². The summed E-state index contributed by atoms with van der Waals surface area (Å²) in [5.74, 6) is 0.833. The molecule has 1 atom stereocenters. The van der Waals surface area contributed by atoms with E-state index < -0.39 is 0 Å². The second-order valence-corrected chi connectivity index (χ2v) is 4.46. The van der Waals surface area contributed by atoms with Crippen molar-refractivity contribution < 1.29 is 1.43 Å². The number of rotatable bonds is 4. The molecule has 0 amide bonds. The van der Waals surface area contributed by atoms with Crippen molar-refractivity contribution in [3.8, 4) is 6.07 Å². The Morgan fingerprint density at radius 3 is 2.44 bits per heavy atom. The van der Waals surface area contributed by atoms with Gasteiger partial charge in [-0.2, -0.15) is 5.26 Å². The third kappa shape index (κ3) is 6.81. The highest BCUT2D eigenvalue weighted by molar-refractivity contribution is 4.88. The Bertz CT molecular complexity index is 197. The van der Waals surface area contributed by atoms with Crippen LogP contribution in [0.3, 0.4) is 0 Å². The summed E-state index contributed by atoms with van der Waals surface area (Å²) in [4.78, 5) is 2.20. The van der Waals surface area contributed by atoms with Gasteiger partial charge in [-0.05, 0) is 25.8 Å². The van der Waals surface area contributed by atoms with Crippen LogP contribution in [0, 0.1) is 17.2 Å². The van der Waals surface area contributed by atoms with Crippen molar-refractivity contribution in [1.29, 1.82) is 5.26 Å². The first kappa shape index (κ1) is 15.4. The zero-order chi connectivity index (χ0) is 12.4. The molecule has 1 fully saturated rings. The van der Waals surface area contributed by atoms with Crippen molar-refractivity contribution in [3.63, 3.8) is 0 Å². The summed E-state index contributed by atoms with van der Waals surface area (Å²) in [6.45, 7) is 5.81. The second kappa shape index (κ2) is 9.62. The Balaban J connectivity index is 0. The highest BCUT2D eigenvalue weighted by Gasteiger charge is 2.16. The third-order valence-corrected chi connectivity index (χ3v) is 2.97. The Morgan fingerprint density at radius 2 is 1.94 bits per heavy atom. The van der Waals surface area contributed by atoms with E-state index in [-0.39, 0.29) is 7.47 Å². The minimum absolute atomic E-state index is 0. The van der Waals surface area contributed by atoms with Crippen LogP contribution in [0.25, 0.3) is 0 Å². The molecule has 0 heterocycles.